The number of hydrogen-bond acceptors (Lipinski definition) is 5. The van der Waals surface area contributed by atoms with E-state index in [2.05, 4.69) is 0 Å². The molecule has 132 valence electrons. The van der Waals surface area contributed by atoms with Crippen molar-refractivity contribution in [1.82, 2.24) is 4.90 Å². The Bertz CT molecular complexity index is 560. The normalized spacial score (nSPS) is 17.4. The van der Waals surface area contributed by atoms with Gasteiger partial charge in [0.1, 0.15) is 5.75 Å². The Hall–Kier alpha value is -2.08. The van der Waals surface area contributed by atoms with Crippen molar-refractivity contribution < 1.29 is 23.8 Å². The van der Waals surface area contributed by atoms with Gasteiger partial charge in [-0.25, -0.2) is 4.79 Å². The van der Waals surface area contributed by atoms with Crippen molar-refractivity contribution in [1.29, 1.82) is 0 Å². The van der Waals surface area contributed by atoms with Crippen LogP contribution in [0.2, 0.25) is 0 Å². The van der Waals surface area contributed by atoms with Crippen molar-refractivity contribution in [2.24, 2.45) is 0 Å². The van der Waals surface area contributed by atoms with Gasteiger partial charge in [0.25, 0.3) is 0 Å². The van der Waals surface area contributed by atoms with Crippen LogP contribution in [-0.4, -0.2) is 56.3 Å². The van der Waals surface area contributed by atoms with Gasteiger partial charge < -0.3 is 19.1 Å². The molecule has 1 aromatic rings. The van der Waals surface area contributed by atoms with E-state index in [4.69, 9.17) is 14.2 Å². The predicted molar refractivity (Wildman–Crippen MR) is 88.9 cm³/mol. The molecule has 0 aliphatic carbocycles. The lowest BCUT2D eigenvalue weighted by molar-refractivity contribution is -0.160. The first-order chi connectivity index (χ1) is 11.6. The molecule has 1 aliphatic rings. The molecule has 0 unspecified atom stereocenters. The maximum atomic E-state index is 12.3. The summed E-state index contributed by atoms with van der Waals surface area (Å²) >= 11 is 0. The molecule has 0 bridgehead atoms. The molecular weight excluding hydrogens is 310 g/mol. The lowest BCUT2D eigenvalue weighted by atomic mass is 10.1. The quantitative estimate of drug-likeness (QED) is 0.563. The third kappa shape index (κ3) is 5.23. The highest BCUT2D eigenvalue weighted by Crippen LogP contribution is 2.14. The first-order valence-corrected chi connectivity index (χ1v) is 8.26. The fraction of sp³-hybridized carbons (Fsp3) is 0.556. The van der Waals surface area contributed by atoms with Crippen molar-refractivity contribution in [3.8, 4) is 5.75 Å². The molecule has 0 saturated carbocycles. The molecule has 6 heteroatoms. The SMILES string of the molecule is COC(=O)[C@@H]1COCCN1C(=O)CCCCOc1cccc(C)c1. The number of rotatable bonds is 7. The Morgan fingerprint density at radius 1 is 1.33 bits per heavy atom. The first-order valence-electron chi connectivity index (χ1n) is 8.26. The molecule has 0 N–H and O–H groups in total. The summed E-state index contributed by atoms with van der Waals surface area (Å²) in [6, 6.07) is 7.26. The molecule has 24 heavy (non-hydrogen) atoms. The second kappa shape index (κ2) is 9.27. The number of nitrogens with zero attached hydrogens (tertiary/aromatic N) is 1. The molecule has 2 rings (SSSR count). The van der Waals surface area contributed by atoms with E-state index in [1.807, 2.05) is 31.2 Å². The Morgan fingerprint density at radius 3 is 2.92 bits per heavy atom. The third-order valence-electron chi connectivity index (χ3n) is 3.97. The van der Waals surface area contributed by atoms with Crippen molar-refractivity contribution in [2.75, 3.05) is 33.5 Å². The van der Waals surface area contributed by atoms with E-state index >= 15 is 0 Å². The molecule has 1 heterocycles. The summed E-state index contributed by atoms with van der Waals surface area (Å²) in [7, 11) is 1.32. The van der Waals surface area contributed by atoms with Crippen LogP contribution in [0, 0.1) is 6.92 Å². The Labute approximate surface area is 142 Å². The van der Waals surface area contributed by atoms with Gasteiger partial charge in [0.2, 0.25) is 5.91 Å². The maximum absolute atomic E-state index is 12.3. The summed E-state index contributed by atoms with van der Waals surface area (Å²) in [5.74, 6) is 0.385. The van der Waals surface area contributed by atoms with Crippen LogP contribution < -0.4 is 4.74 Å². The van der Waals surface area contributed by atoms with Crippen LogP contribution in [-0.2, 0) is 19.1 Å². The van der Waals surface area contributed by atoms with Gasteiger partial charge in [0, 0.05) is 13.0 Å². The zero-order chi connectivity index (χ0) is 17.4. The summed E-state index contributed by atoms with van der Waals surface area (Å²) in [5, 5.41) is 0. The van der Waals surface area contributed by atoms with Crippen molar-refractivity contribution >= 4 is 11.9 Å². The molecule has 1 amide bonds. The minimum Gasteiger partial charge on any atom is -0.494 e. The number of morpholine rings is 1. The summed E-state index contributed by atoms with van der Waals surface area (Å²) in [6.07, 6.45) is 1.90. The van der Waals surface area contributed by atoms with Gasteiger partial charge >= 0.3 is 5.97 Å². The monoisotopic (exact) mass is 335 g/mol. The molecule has 1 atom stereocenters. The zero-order valence-corrected chi connectivity index (χ0v) is 14.3. The Morgan fingerprint density at radius 2 is 2.17 bits per heavy atom. The van der Waals surface area contributed by atoms with Crippen LogP contribution in [0.4, 0.5) is 0 Å². The number of carbonyl (C=O) groups is 2. The molecule has 1 saturated heterocycles. The van der Waals surface area contributed by atoms with E-state index in [0.717, 1.165) is 24.2 Å². The highest BCUT2D eigenvalue weighted by molar-refractivity contribution is 5.84. The van der Waals surface area contributed by atoms with Crippen LogP contribution in [0.3, 0.4) is 0 Å². The highest BCUT2D eigenvalue weighted by Gasteiger charge is 2.33. The molecule has 0 radical (unpaired) electrons. The number of carbonyl (C=O) groups excluding carboxylic acids is 2. The van der Waals surface area contributed by atoms with Crippen LogP contribution in [0.5, 0.6) is 5.75 Å². The van der Waals surface area contributed by atoms with Crippen molar-refractivity contribution in [2.45, 2.75) is 32.2 Å². The fourth-order valence-corrected chi connectivity index (χ4v) is 2.65. The largest absolute Gasteiger partial charge is 0.494 e. The van der Waals surface area contributed by atoms with E-state index in [9.17, 15) is 9.59 Å². The van der Waals surface area contributed by atoms with E-state index < -0.39 is 12.0 Å². The Kier molecular flexibility index (Phi) is 7.06. The average molecular weight is 335 g/mol. The predicted octanol–water partition coefficient (Wildman–Crippen LogP) is 1.94. The number of aryl methyl sites for hydroxylation is 1. The van der Waals surface area contributed by atoms with E-state index in [0.29, 0.717) is 26.2 Å². The van der Waals surface area contributed by atoms with Crippen LogP contribution in [0.15, 0.2) is 24.3 Å². The van der Waals surface area contributed by atoms with Gasteiger partial charge in [-0.15, -0.1) is 0 Å². The number of hydrogen-bond donors (Lipinski definition) is 0. The van der Waals surface area contributed by atoms with Gasteiger partial charge in [-0.1, -0.05) is 12.1 Å². The van der Waals surface area contributed by atoms with Crippen LogP contribution in [0.25, 0.3) is 0 Å². The molecule has 1 aliphatic heterocycles. The summed E-state index contributed by atoms with van der Waals surface area (Å²) in [4.78, 5) is 25.6. The molecule has 6 nitrogen and oxygen atoms in total. The maximum Gasteiger partial charge on any atom is 0.331 e. The topological polar surface area (TPSA) is 65.1 Å². The molecular formula is C18H25NO5. The second-order valence-corrected chi connectivity index (χ2v) is 5.82. The minimum atomic E-state index is -0.625. The number of esters is 1. The summed E-state index contributed by atoms with van der Waals surface area (Å²) in [5.41, 5.74) is 1.16. The standard InChI is InChI=1S/C18H25NO5/c1-14-6-5-7-15(12-14)24-10-4-3-8-17(20)19-9-11-23-13-16(19)18(21)22-2/h5-7,12,16H,3-4,8-11,13H2,1-2H3/t16-/m0/s1. The van der Waals surface area contributed by atoms with E-state index in [1.165, 1.54) is 7.11 Å². The van der Waals surface area contributed by atoms with Gasteiger partial charge in [0.05, 0.1) is 26.9 Å². The molecule has 0 aromatic heterocycles. The van der Waals surface area contributed by atoms with Gasteiger partial charge in [0.15, 0.2) is 6.04 Å². The third-order valence-corrected chi connectivity index (χ3v) is 3.97. The lowest BCUT2D eigenvalue weighted by Crippen LogP contribution is -2.52. The number of benzene rings is 1. The molecule has 0 spiro atoms. The summed E-state index contributed by atoms with van der Waals surface area (Å²) < 4.78 is 15.7. The van der Waals surface area contributed by atoms with Crippen molar-refractivity contribution in [3.63, 3.8) is 0 Å². The average Bonchev–Trinajstić information content (AvgIpc) is 2.60. The lowest BCUT2D eigenvalue weighted by Gasteiger charge is -2.33. The highest BCUT2D eigenvalue weighted by atomic mass is 16.5. The number of methoxy groups -OCH3 is 1. The zero-order valence-electron chi connectivity index (χ0n) is 14.3. The van der Waals surface area contributed by atoms with Gasteiger partial charge in [-0.05, 0) is 37.5 Å². The van der Waals surface area contributed by atoms with Crippen molar-refractivity contribution in [3.05, 3.63) is 29.8 Å². The van der Waals surface area contributed by atoms with Crippen LogP contribution >= 0.6 is 0 Å². The first kappa shape index (κ1) is 18.3. The van der Waals surface area contributed by atoms with Gasteiger partial charge in [-0.3, -0.25) is 4.79 Å². The van der Waals surface area contributed by atoms with Gasteiger partial charge in [-0.2, -0.15) is 0 Å². The second-order valence-electron chi connectivity index (χ2n) is 5.82. The molecule has 1 aromatic carbocycles. The molecule has 1 fully saturated rings. The van der Waals surface area contributed by atoms with Crippen LogP contribution in [0.1, 0.15) is 24.8 Å². The van der Waals surface area contributed by atoms with E-state index in [-0.39, 0.29) is 12.5 Å². The number of unbranched alkanes of at least 4 members (excludes halogenated alkanes) is 1. The summed E-state index contributed by atoms with van der Waals surface area (Å²) in [6.45, 7) is 3.68. The number of ether oxygens (including phenoxy) is 3. The Balaban J connectivity index is 1.71. The minimum absolute atomic E-state index is 0.0377. The smallest absolute Gasteiger partial charge is 0.331 e. The fourth-order valence-electron chi connectivity index (χ4n) is 2.65. The number of amides is 1. The van der Waals surface area contributed by atoms with E-state index in [1.54, 1.807) is 4.90 Å².